The first-order chi connectivity index (χ1) is 4.29. The molecule has 1 nitrogen and oxygen atoms in total. The summed E-state index contributed by atoms with van der Waals surface area (Å²) < 4.78 is 12.7. The molecular weight excluding hydrogens is 119 g/mol. The van der Waals surface area contributed by atoms with Crippen LogP contribution in [0.5, 0.6) is 0 Å². The van der Waals surface area contributed by atoms with Gasteiger partial charge in [0.05, 0.1) is 6.10 Å². The fourth-order valence-electron chi connectivity index (χ4n) is 2.21. The lowest BCUT2D eigenvalue weighted by atomic mass is 9.99. The van der Waals surface area contributed by atoms with Gasteiger partial charge in [-0.05, 0) is 25.2 Å². The average molecular weight is 130 g/mol. The minimum absolute atomic E-state index is 0.00463. The molecule has 0 spiro atoms. The van der Waals surface area contributed by atoms with Gasteiger partial charge in [-0.1, -0.05) is 0 Å². The first-order valence-electron chi connectivity index (χ1n) is 3.61. The maximum Gasteiger partial charge on any atom is 0.106 e. The Kier molecular flexibility index (Phi) is 1.06. The van der Waals surface area contributed by atoms with Crippen LogP contribution < -0.4 is 0 Å². The van der Waals surface area contributed by atoms with Crippen molar-refractivity contribution in [3.8, 4) is 0 Å². The molecule has 52 valence electrons. The smallest absolute Gasteiger partial charge is 0.106 e. The van der Waals surface area contributed by atoms with Crippen LogP contribution in [0.1, 0.15) is 19.3 Å². The quantitative estimate of drug-likeness (QED) is 0.521. The molecule has 2 aliphatic carbocycles. The van der Waals surface area contributed by atoms with Crippen LogP contribution >= 0.6 is 0 Å². The molecule has 0 aliphatic heterocycles. The van der Waals surface area contributed by atoms with E-state index >= 15 is 0 Å². The highest BCUT2D eigenvalue weighted by Gasteiger charge is 2.47. The van der Waals surface area contributed by atoms with Crippen molar-refractivity contribution in [3.63, 3.8) is 0 Å². The molecule has 1 N–H and O–H groups in total. The first kappa shape index (κ1) is 5.66. The summed E-state index contributed by atoms with van der Waals surface area (Å²) in [4.78, 5) is 0. The van der Waals surface area contributed by atoms with Crippen molar-refractivity contribution in [3.05, 3.63) is 0 Å². The average Bonchev–Trinajstić information content (AvgIpc) is 2.25. The second-order valence-electron chi connectivity index (χ2n) is 3.24. The van der Waals surface area contributed by atoms with Crippen molar-refractivity contribution in [2.45, 2.75) is 31.5 Å². The molecule has 4 atom stereocenters. The van der Waals surface area contributed by atoms with E-state index in [1.54, 1.807) is 0 Å². The molecule has 2 fully saturated rings. The molecule has 0 radical (unpaired) electrons. The van der Waals surface area contributed by atoms with Crippen LogP contribution in [0.2, 0.25) is 0 Å². The van der Waals surface area contributed by atoms with Crippen molar-refractivity contribution < 1.29 is 9.50 Å². The van der Waals surface area contributed by atoms with Crippen LogP contribution in [-0.2, 0) is 0 Å². The number of aliphatic hydroxyl groups excluding tert-OH is 1. The molecule has 2 rings (SSSR count). The Morgan fingerprint density at radius 1 is 1.33 bits per heavy atom. The molecule has 0 aromatic rings. The number of rotatable bonds is 0. The molecule has 2 saturated carbocycles. The van der Waals surface area contributed by atoms with Gasteiger partial charge in [0.15, 0.2) is 0 Å². The highest BCUT2D eigenvalue weighted by molar-refractivity contribution is 4.97. The SMILES string of the molecule is OC1C2CCC1C(F)C2. The number of hydrogen-bond acceptors (Lipinski definition) is 1. The van der Waals surface area contributed by atoms with Gasteiger partial charge in [0.2, 0.25) is 0 Å². The number of alkyl halides is 1. The number of hydrogen-bond donors (Lipinski definition) is 1. The van der Waals surface area contributed by atoms with E-state index in [2.05, 4.69) is 0 Å². The molecule has 0 heterocycles. The minimum Gasteiger partial charge on any atom is -0.392 e. The lowest BCUT2D eigenvalue weighted by Crippen LogP contribution is -2.15. The third-order valence-electron chi connectivity index (χ3n) is 2.78. The van der Waals surface area contributed by atoms with E-state index in [1.807, 2.05) is 0 Å². The zero-order valence-electron chi connectivity index (χ0n) is 5.26. The second kappa shape index (κ2) is 1.69. The summed E-state index contributed by atoms with van der Waals surface area (Å²) in [5, 5.41) is 9.26. The van der Waals surface area contributed by atoms with E-state index in [0.717, 1.165) is 12.8 Å². The molecule has 0 amide bonds. The van der Waals surface area contributed by atoms with Gasteiger partial charge in [-0.15, -0.1) is 0 Å². The maximum atomic E-state index is 12.7. The van der Waals surface area contributed by atoms with Crippen LogP contribution in [0.4, 0.5) is 4.39 Å². The van der Waals surface area contributed by atoms with Crippen molar-refractivity contribution >= 4 is 0 Å². The Balaban J connectivity index is 2.16. The van der Waals surface area contributed by atoms with Gasteiger partial charge in [0.25, 0.3) is 0 Å². The zero-order chi connectivity index (χ0) is 6.43. The Bertz CT molecular complexity index is 126. The molecule has 9 heavy (non-hydrogen) atoms. The maximum absolute atomic E-state index is 12.7. The third kappa shape index (κ3) is 0.627. The second-order valence-corrected chi connectivity index (χ2v) is 3.24. The molecule has 4 unspecified atom stereocenters. The van der Waals surface area contributed by atoms with E-state index in [-0.39, 0.29) is 12.0 Å². The van der Waals surface area contributed by atoms with E-state index in [4.69, 9.17) is 0 Å². The van der Waals surface area contributed by atoms with E-state index in [9.17, 15) is 9.50 Å². The summed E-state index contributed by atoms with van der Waals surface area (Å²) in [6.45, 7) is 0. The van der Waals surface area contributed by atoms with Gasteiger partial charge in [-0.25, -0.2) is 4.39 Å². The third-order valence-corrected chi connectivity index (χ3v) is 2.78. The summed E-state index contributed by atoms with van der Waals surface area (Å²) in [6, 6.07) is 0. The summed E-state index contributed by atoms with van der Waals surface area (Å²) in [5.41, 5.74) is 0. The lowest BCUT2D eigenvalue weighted by Gasteiger charge is -2.11. The predicted molar refractivity (Wildman–Crippen MR) is 31.7 cm³/mol. The summed E-state index contributed by atoms with van der Waals surface area (Å²) >= 11 is 0. The molecule has 2 aliphatic rings. The summed E-state index contributed by atoms with van der Waals surface area (Å²) in [5.74, 6) is 0.292. The Hall–Kier alpha value is -0.110. The molecular formula is C7H11FO. The van der Waals surface area contributed by atoms with Gasteiger partial charge in [0, 0.05) is 5.92 Å². The molecule has 0 aromatic carbocycles. The molecule has 0 saturated heterocycles. The lowest BCUT2D eigenvalue weighted by molar-refractivity contribution is 0.112. The number of aliphatic hydroxyl groups is 1. The monoisotopic (exact) mass is 130 g/mol. The van der Waals surface area contributed by atoms with Crippen molar-refractivity contribution in [2.75, 3.05) is 0 Å². The molecule has 0 aromatic heterocycles. The topological polar surface area (TPSA) is 20.2 Å². The van der Waals surface area contributed by atoms with Crippen LogP contribution in [-0.4, -0.2) is 17.4 Å². The van der Waals surface area contributed by atoms with Gasteiger partial charge in [-0.3, -0.25) is 0 Å². The summed E-state index contributed by atoms with van der Waals surface area (Å²) in [7, 11) is 0. The molecule has 2 heteroatoms. The predicted octanol–water partition coefficient (Wildman–Crippen LogP) is 1.12. The largest absolute Gasteiger partial charge is 0.392 e. The van der Waals surface area contributed by atoms with E-state index in [1.165, 1.54) is 0 Å². The van der Waals surface area contributed by atoms with Crippen molar-refractivity contribution in [1.82, 2.24) is 0 Å². The minimum atomic E-state index is -0.696. The molecule has 2 bridgehead atoms. The first-order valence-corrected chi connectivity index (χ1v) is 3.61. The van der Waals surface area contributed by atoms with Crippen LogP contribution in [0.25, 0.3) is 0 Å². The Morgan fingerprint density at radius 3 is 2.33 bits per heavy atom. The summed E-state index contributed by atoms with van der Waals surface area (Å²) in [6.07, 6.45) is 1.57. The van der Waals surface area contributed by atoms with Gasteiger partial charge >= 0.3 is 0 Å². The van der Waals surface area contributed by atoms with Gasteiger partial charge in [0.1, 0.15) is 6.17 Å². The fourth-order valence-corrected chi connectivity index (χ4v) is 2.21. The standard InChI is InChI=1S/C7H11FO/c8-6-3-4-1-2-5(6)7(4)9/h4-7,9H,1-3H2. The Labute approximate surface area is 53.9 Å². The van der Waals surface area contributed by atoms with Gasteiger partial charge < -0.3 is 5.11 Å². The Morgan fingerprint density at radius 2 is 2.11 bits per heavy atom. The highest BCUT2D eigenvalue weighted by atomic mass is 19.1. The van der Waals surface area contributed by atoms with Crippen LogP contribution in [0.3, 0.4) is 0 Å². The normalized spacial score (nSPS) is 56.7. The van der Waals surface area contributed by atoms with Crippen molar-refractivity contribution in [2.24, 2.45) is 11.8 Å². The van der Waals surface area contributed by atoms with Crippen LogP contribution in [0.15, 0.2) is 0 Å². The van der Waals surface area contributed by atoms with Crippen molar-refractivity contribution in [1.29, 1.82) is 0 Å². The number of halogens is 1. The van der Waals surface area contributed by atoms with Gasteiger partial charge in [-0.2, -0.15) is 0 Å². The van der Waals surface area contributed by atoms with E-state index < -0.39 is 6.17 Å². The fraction of sp³-hybridized carbons (Fsp3) is 1.00. The highest BCUT2D eigenvalue weighted by Crippen LogP contribution is 2.46. The number of fused-ring (bicyclic) bond motifs is 2. The van der Waals surface area contributed by atoms with E-state index in [0.29, 0.717) is 12.3 Å². The van der Waals surface area contributed by atoms with Crippen LogP contribution in [0, 0.1) is 11.8 Å². The zero-order valence-corrected chi connectivity index (χ0v) is 5.26.